The van der Waals surface area contributed by atoms with Crippen LogP contribution in [0.25, 0.3) is 11.1 Å². The van der Waals surface area contributed by atoms with E-state index < -0.39 is 29.5 Å². The van der Waals surface area contributed by atoms with Gasteiger partial charge in [-0.05, 0) is 41.7 Å². The Hall–Kier alpha value is -3.93. The third-order valence-corrected chi connectivity index (χ3v) is 5.69. The quantitative estimate of drug-likeness (QED) is 0.522. The molecule has 0 aliphatic heterocycles. The Morgan fingerprint density at radius 3 is 2.41 bits per heavy atom. The third-order valence-electron chi connectivity index (χ3n) is 5.69. The van der Waals surface area contributed by atoms with E-state index in [1.165, 1.54) is 6.20 Å². The van der Waals surface area contributed by atoms with Crippen molar-refractivity contribution >= 4 is 17.9 Å². The molecule has 2 aromatic rings. The molecule has 0 radical (unpaired) electrons. The van der Waals surface area contributed by atoms with E-state index in [1.807, 2.05) is 24.3 Å². The maximum absolute atomic E-state index is 12.9. The third kappa shape index (κ3) is 5.40. The second kappa shape index (κ2) is 9.92. The Balaban J connectivity index is 1.69. The van der Waals surface area contributed by atoms with E-state index in [4.69, 9.17) is 5.73 Å². The number of hydrogen-bond acceptors (Lipinski definition) is 5. The Labute approximate surface area is 185 Å². The summed E-state index contributed by atoms with van der Waals surface area (Å²) in [6, 6.07) is 12.0. The number of hydrogen-bond donors (Lipinski definition) is 4. The number of aromatic nitrogens is 1. The number of amides is 3. The van der Waals surface area contributed by atoms with Gasteiger partial charge in [0.2, 0.25) is 5.91 Å². The van der Waals surface area contributed by atoms with Gasteiger partial charge in [0.15, 0.2) is 0 Å². The molecule has 1 heterocycles. The summed E-state index contributed by atoms with van der Waals surface area (Å²) >= 11 is 0. The summed E-state index contributed by atoms with van der Waals surface area (Å²) in [6.07, 6.45) is 3.81. The summed E-state index contributed by atoms with van der Waals surface area (Å²) in [5, 5.41) is 23.8. The highest BCUT2D eigenvalue weighted by Crippen LogP contribution is 2.29. The van der Waals surface area contributed by atoms with Crippen molar-refractivity contribution in [2.45, 2.75) is 50.1 Å². The molecule has 0 spiro atoms. The van der Waals surface area contributed by atoms with Gasteiger partial charge in [-0.15, -0.1) is 0 Å². The number of carboxylic acid groups (broad SMARTS) is 1. The van der Waals surface area contributed by atoms with Crippen LogP contribution in [-0.4, -0.2) is 39.6 Å². The van der Waals surface area contributed by atoms with Crippen molar-refractivity contribution in [3.63, 3.8) is 0 Å². The number of rotatable bonds is 7. The monoisotopic (exact) mass is 435 g/mol. The molecule has 1 aliphatic rings. The number of nitrogens with two attached hydrogens (primary N) is 1. The lowest BCUT2D eigenvalue weighted by Crippen LogP contribution is -2.61. The molecule has 1 aromatic heterocycles. The van der Waals surface area contributed by atoms with Crippen LogP contribution < -0.4 is 16.4 Å². The van der Waals surface area contributed by atoms with Crippen molar-refractivity contribution in [3.05, 3.63) is 53.9 Å². The summed E-state index contributed by atoms with van der Waals surface area (Å²) in [4.78, 5) is 39.4. The molecule has 1 aromatic carbocycles. The lowest BCUT2D eigenvalue weighted by Gasteiger charge is -2.36. The average Bonchev–Trinajstić information content (AvgIpc) is 2.79. The molecule has 1 atom stereocenters. The topological polar surface area (TPSA) is 158 Å². The SMILES string of the molecule is N#CC(Cc1ccc(-c2ccnc(C(N)=O)c2)cc1)NC(=O)C1(NC(=O)O)CCCCC1. The molecule has 3 amide bonds. The molecule has 1 saturated carbocycles. The summed E-state index contributed by atoms with van der Waals surface area (Å²) in [5.74, 6) is -1.07. The molecule has 3 rings (SSSR count). The molecule has 9 nitrogen and oxygen atoms in total. The van der Waals surface area contributed by atoms with Gasteiger partial charge in [-0.25, -0.2) is 4.79 Å². The second-order valence-corrected chi connectivity index (χ2v) is 7.92. The first-order chi connectivity index (χ1) is 15.3. The average molecular weight is 435 g/mol. The smallest absolute Gasteiger partial charge is 0.405 e. The fourth-order valence-corrected chi connectivity index (χ4v) is 4.01. The Kier molecular flexibility index (Phi) is 7.05. The Bertz CT molecular complexity index is 1040. The number of pyridine rings is 1. The summed E-state index contributed by atoms with van der Waals surface area (Å²) in [6.45, 7) is 0. The summed E-state index contributed by atoms with van der Waals surface area (Å²) in [7, 11) is 0. The molecule has 0 saturated heterocycles. The predicted octanol–water partition coefficient (Wildman–Crippen LogP) is 2.37. The van der Waals surface area contributed by atoms with Crippen LogP contribution in [0.5, 0.6) is 0 Å². The number of primary amides is 1. The van der Waals surface area contributed by atoms with Crippen LogP contribution in [0.1, 0.15) is 48.2 Å². The van der Waals surface area contributed by atoms with Gasteiger partial charge >= 0.3 is 6.09 Å². The maximum atomic E-state index is 12.9. The summed E-state index contributed by atoms with van der Waals surface area (Å²) in [5.41, 5.74) is 6.72. The molecular weight excluding hydrogens is 410 g/mol. The number of benzene rings is 1. The molecule has 5 N–H and O–H groups in total. The summed E-state index contributed by atoms with van der Waals surface area (Å²) < 4.78 is 0. The van der Waals surface area contributed by atoms with Crippen LogP contribution in [0, 0.1) is 11.3 Å². The van der Waals surface area contributed by atoms with Crippen molar-refractivity contribution < 1.29 is 19.5 Å². The Morgan fingerprint density at radius 2 is 1.81 bits per heavy atom. The number of carbonyl (C=O) groups is 3. The van der Waals surface area contributed by atoms with E-state index in [0.29, 0.717) is 12.8 Å². The van der Waals surface area contributed by atoms with Gasteiger partial charge in [0.1, 0.15) is 17.3 Å². The molecule has 1 aliphatic carbocycles. The van der Waals surface area contributed by atoms with Gasteiger partial charge in [-0.1, -0.05) is 43.5 Å². The minimum Gasteiger partial charge on any atom is -0.465 e. The van der Waals surface area contributed by atoms with Crippen molar-refractivity contribution in [1.29, 1.82) is 5.26 Å². The van der Waals surface area contributed by atoms with E-state index in [0.717, 1.165) is 36.0 Å². The zero-order valence-electron chi connectivity index (χ0n) is 17.5. The van der Waals surface area contributed by atoms with Gasteiger partial charge in [0, 0.05) is 12.6 Å². The second-order valence-electron chi connectivity index (χ2n) is 7.92. The first-order valence-corrected chi connectivity index (χ1v) is 10.4. The minimum atomic E-state index is -1.25. The van der Waals surface area contributed by atoms with Gasteiger partial charge in [0.25, 0.3) is 5.91 Å². The van der Waals surface area contributed by atoms with Crippen LogP contribution in [0.2, 0.25) is 0 Å². The number of nitrogens with one attached hydrogen (secondary N) is 2. The van der Waals surface area contributed by atoms with E-state index in [2.05, 4.69) is 21.7 Å². The zero-order chi connectivity index (χ0) is 23.1. The highest BCUT2D eigenvalue weighted by atomic mass is 16.4. The lowest BCUT2D eigenvalue weighted by molar-refractivity contribution is -0.129. The van der Waals surface area contributed by atoms with Gasteiger partial charge in [-0.3, -0.25) is 14.6 Å². The first-order valence-electron chi connectivity index (χ1n) is 10.4. The molecule has 32 heavy (non-hydrogen) atoms. The van der Waals surface area contributed by atoms with Crippen LogP contribution in [0.15, 0.2) is 42.6 Å². The number of nitrogens with zero attached hydrogens (tertiary/aromatic N) is 2. The fourth-order valence-electron chi connectivity index (χ4n) is 4.01. The Morgan fingerprint density at radius 1 is 1.12 bits per heavy atom. The number of nitriles is 1. The van der Waals surface area contributed by atoms with Crippen molar-refractivity contribution in [2.75, 3.05) is 0 Å². The fraction of sp³-hybridized carbons (Fsp3) is 0.348. The van der Waals surface area contributed by atoms with Crippen LogP contribution in [0.4, 0.5) is 4.79 Å². The van der Waals surface area contributed by atoms with Crippen molar-refractivity contribution in [1.82, 2.24) is 15.6 Å². The molecule has 166 valence electrons. The minimum absolute atomic E-state index is 0.172. The lowest BCUT2D eigenvalue weighted by atomic mass is 9.80. The van der Waals surface area contributed by atoms with Gasteiger partial charge in [0.05, 0.1) is 6.07 Å². The van der Waals surface area contributed by atoms with Crippen LogP contribution >= 0.6 is 0 Å². The van der Waals surface area contributed by atoms with Gasteiger partial charge < -0.3 is 21.5 Å². The van der Waals surface area contributed by atoms with Crippen molar-refractivity contribution in [3.8, 4) is 17.2 Å². The molecule has 9 heteroatoms. The zero-order valence-corrected chi connectivity index (χ0v) is 17.5. The molecule has 1 fully saturated rings. The first kappa shape index (κ1) is 22.7. The maximum Gasteiger partial charge on any atom is 0.405 e. The standard InChI is InChI=1S/C23H25N5O4/c24-14-18(27-21(30)23(28-22(31)32)9-2-1-3-10-23)12-15-4-6-16(7-5-15)17-8-11-26-19(13-17)20(25)29/h4-8,11,13,18,28H,1-3,9-10,12H2,(H2,25,29)(H,27,30)(H,31,32). The predicted molar refractivity (Wildman–Crippen MR) is 116 cm³/mol. The van der Waals surface area contributed by atoms with Gasteiger partial charge in [-0.2, -0.15) is 5.26 Å². The van der Waals surface area contributed by atoms with E-state index in [9.17, 15) is 24.8 Å². The van der Waals surface area contributed by atoms with E-state index in [-0.39, 0.29) is 12.1 Å². The highest BCUT2D eigenvalue weighted by Gasteiger charge is 2.41. The van der Waals surface area contributed by atoms with Crippen molar-refractivity contribution in [2.24, 2.45) is 5.73 Å². The normalized spacial score (nSPS) is 15.7. The number of carbonyl (C=O) groups excluding carboxylic acids is 2. The molecular formula is C23H25N5O4. The van der Waals surface area contributed by atoms with Crippen LogP contribution in [-0.2, 0) is 11.2 Å². The van der Waals surface area contributed by atoms with E-state index in [1.54, 1.807) is 12.1 Å². The molecule has 0 bridgehead atoms. The molecule has 1 unspecified atom stereocenters. The highest BCUT2D eigenvalue weighted by molar-refractivity contribution is 5.92. The van der Waals surface area contributed by atoms with Crippen LogP contribution in [0.3, 0.4) is 0 Å². The largest absolute Gasteiger partial charge is 0.465 e. The van der Waals surface area contributed by atoms with E-state index >= 15 is 0 Å².